The Kier molecular flexibility index (Phi) is 6.58. The Morgan fingerprint density at radius 2 is 2.17 bits per heavy atom. The van der Waals surface area contributed by atoms with E-state index in [4.69, 9.17) is 4.74 Å². The van der Waals surface area contributed by atoms with Gasteiger partial charge in [-0.3, -0.25) is 4.79 Å². The Hall–Kier alpha value is -2.38. The largest absolute Gasteiger partial charge is 0.450 e. The van der Waals surface area contributed by atoms with Gasteiger partial charge in [0.05, 0.1) is 6.61 Å². The standard InChI is InChI=1S/C15H23N5O3/c1-2-23-15(22)18-9-6-13(21)19-12-5-3-10-20(11-12)14-16-7-4-8-17-14/h4,7-8,12H,2-3,5-6,9-11H2,1H3,(H,18,22)(H,19,21). The number of ether oxygens (including phenoxy) is 1. The summed E-state index contributed by atoms with van der Waals surface area (Å²) in [5.41, 5.74) is 0. The summed E-state index contributed by atoms with van der Waals surface area (Å²) in [5, 5.41) is 5.53. The third-order valence-electron chi connectivity index (χ3n) is 3.52. The Morgan fingerprint density at radius 3 is 2.91 bits per heavy atom. The summed E-state index contributed by atoms with van der Waals surface area (Å²) in [7, 11) is 0. The molecule has 126 valence electrons. The number of rotatable bonds is 6. The van der Waals surface area contributed by atoms with Crippen molar-refractivity contribution in [3.63, 3.8) is 0 Å². The van der Waals surface area contributed by atoms with E-state index in [1.54, 1.807) is 25.4 Å². The minimum Gasteiger partial charge on any atom is -0.450 e. The highest BCUT2D eigenvalue weighted by Gasteiger charge is 2.22. The van der Waals surface area contributed by atoms with Gasteiger partial charge in [-0.2, -0.15) is 0 Å². The van der Waals surface area contributed by atoms with Crippen molar-refractivity contribution < 1.29 is 14.3 Å². The van der Waals surface area contributed by atoms with Gasteiger partial charge in [-0.25, -0.2) is 14.8 Å². The molecule has 1 aliphatic heterocycles. The van der Waals surface area contributed by atoms with Crippen LogP contribution in [0.1, 0.15) is 26.2 Å². The molecule has 2 amide bonds. The molecule has 0 spiro atoms. The maximum Gasteiger partial charge on any atom is 0.407 e. The first kappa shape index (κ1) is 17.0. The number of anilines is 1. The number of nitrogens with zero attached hydrogens (tertiary/aromatic N) is 3. The van der Waals surface area contributed by atoms with Crippen molar-refractivity contribution in [1.29, 1.82) is 0 Å². The lowest BCUT2D eigenvalue weighted by molar-refractivity contribution is -0.121. The summed E-state index contributed by atoms with van der Waals surface area (Å²) in [4.78, 5) is 33.6. The van der Waals surface area contributed by atoms with Crippen LogP contribution >= 0.6 is 0 Å². The van der Waals surface area contributed by atoms with Crippen LogP contribution in [0, 0.1) is 0 Å². The highest BCUT2D eigenvalue weighted by Crippen LogP contribution is 2.15. The topological polar surface area (TPSA) is 96.4 Å². The fraction of sp³-hybridized carbons (Fsp3) is 0.600. The zero-order chi connectivity index (χ0) is 16.5. The van der Waals surface area contributed by atoms with Gasteiger partial charge in [-0.05, 0) is 25.8 Å². The fourth-order valence-electron chi connectivity index (χ4n) is 2.49. The van der Waals surface area contributed by atoms with E-state index >= 15 is 0 Å². The predicted octanol–water partition coefficient (Wildman–Crippen LogP) is 0.698. The average molecular weight is 321 g/mol. The molecular formula is C15H23N5O3. The smallest absolute Gasteiger partial charge is 0.407 e. The van der Waals surface area contributed by atoms with Crippen LogP contribution in [0.15, 0.2) is 18.5 Å². The lowest BCUT2D eigenvalue weighted by atomic mass is 10.1. The van der Waals surface area contributed by atoms with Gasteiger partial charge in [-0.1, -0.05) is 0 Å². The van der Waals surface area contributed by atoms with Crippen molar-refractivity contribution in [2.75, 3.05) is 31.1 Å². The van der Waals surface area contributed by atoms with Gasteiger partial charge >= 0.3 is 6.09 Å². The van der Waals surface area contributed by atoms with Crippen LogP contribution in [-0.4, -0.2) is 54.3 Å². The molecule has 2 heterocycles. The summed E-state index contributed by atoms with van der Waals surface area (Å²) in [6.45, 7) is 3.90. The predicted molar refractivity (Wildman–Crippen MR) is 85.1 cm³/mol. The minimum absolute atomic E-state index is 0.0719. The molecule has 1 saturated heterocycles. The van der Waals surface area contributed by atoms with Crippen LogP contribution in [-0.2, 0) is 9.53 Å². The summed E-state index contributed by atoms with van der Waals surface area (Å²) in [6, 6.07) is 1.85. The summed E-state index contributed by atoms with van der Waals surface area (Å²) in [5.74, 6) is 0.609. The molecule has 0 saturated carbocycles. The monoisotopic (exact) mass is 321 g/mol. The second-order valence-corrected chi connectivity index (χ2v) is 5.30. The third-order valence-corrected chi connectivity index (χ3v) is 3.52. The number of alkyl carbamates (subject to hydrolysis) is 1. The number of hydrogen-bond donors (Lipinski definition) is 2. The Morgan fingerprint density at radius 1 is 1.39 bits per heavy atom. The Balaban J connectivity index is 1.72. The Bertz CT molecular complexity index is 511. The van der Waals surface area contributed by atoms with Crippen LogP contribution in [0.25, 0.3) is 0 Å². The first-order valence-corrected chi connectivity index (χ1v) is 7.91. The number of amides is 2. The molecule has 8 nitrogen and oxygen atoms in total. The molecule has 1 atom stereocenters. The third kappa shape index (κ3) is 5.72. The van der Waals surface area contributed by atoms with Gasteiger partial charge in [0.15, 0.2) is 0 Å². The molecular weight excluding hydrogens is 298 g/mol. The highest BCUT2D eigenvalue weighted by molar-refractivity contribution is 5.77. The van der Waals surface area contributed by atoms with Crippen molar-refractivity contribution in [3.8, 4) is 0 Å². The van der Waals surface area contributed by atoms with E-state index in [-0.39, 0.29) is 24.9 Å². The second-order valence-electron chi connectivity index (χ2n) is 5.30. The molecule has 0 bridgehead atoms. The van der Waals surface area contributed by atoms with E-state index < -0.39 is 6.09 Å². The molecule has 2 N–H and O–H groups in total. The van der Waals surface area contributed by atoms with E-state index in [0.717, 1.165) is 19.4 Å². The molecule has 0 aliphatic carbocycles. The van der Waals surface area contributed by atoms with Gasteiger partial charge in [0.2, 0.25) is 11.9 Å². The van der Waals surface area contributed by atoms with E-state index in [0.29, 0.717) is 19.1 Å². The number of carbonyl (C=O) groups excluding carboxylic acids is 2. The van der Waals surface area contributed by atoms with Gasteiger partial charge in [-0.15, -0.1) is 0 Å². The average Bonchev–Trinajstić information content (AvgIpc) is 2.56. The lowest BCUT2D eigenvalue weighted by Gasteiger charge is -2.33. The normalized spacial score (nSPS) is 17.4. The molecule has 1 fully saturated rings. The molecule has 0 radical (unpaired) electrons. The maximum atomic E-state index is 11.9. The first-order chi connectivity index (χ1) is 11.2. The molecule has 0 aromatic carbocycles. The zero-order valence-corrected chi connectivity index (χ0v) is 13.3. The van der Waals surface area contributed by atoms with Gasteiger partial charge < -0.3 is 20.3 Å². The highest BCUT2D eigenvalue weighted by atomic mass is 16.5. The van der Waals surface area contributed by atoms with Crippen LogP contribution in [0.3, 0.4) is 0 Å². The van der Waals surface area contributed by atoms with E-state index in [1.807, 2.05) is 0 Å². The zero-order valence-electron chi connectivity index (χ0n) is 13.3. The number of piperidine rings is 1. The summed E-state index contributed by atoms with van der Waals surface area (Å²) < 4.78 is 4.73. The number of aromatic nitrogens is 2. The van der Waals surface area contributed by atoms with Crippen LogP contribution in [0.2, 0.25) is 0 Å². The molecule has 1 aromatic heterocycles. The summed E-state index contributed by atoms with van der Waals surface area (Å²) in [6.07, 6.45) is 5.07. The number of hydrogen-bond acceptors (Lipinski definition) is 6. The molecule has 2 rings (SSSR count). The van der Waals surface area contributed by atoms with Gasteiger partial charge in [0, 0.05) is 44.5 Å². The quantitative estimate of drug-likeness (QED) is 0.800. The van der Waals surface area contributed by atoms with Crippen LogP contribution in [0.5, 0.6) is 0 Å². The van der Waals surface area contributed by atoms with Gasteiger partial charge in [0.1, 0.15) is 0 Å². The van der Waals surface area contributed by atoms with Crippen molar-refractivity contribution in [2.45, 2.75) is 32.2 Å². The van der Waals surface area contributed by atoms with Crippen molar-refractivity contribution in [3.05, 3.63) is 18.5 Å². The first-order valence-electron chi connectivity index (χ1n) is 7.91. The van der Waals surface area contributed by atoms with Crippen LogP contribution in [0.4, 0.5) is 10.7 Å². The minimum atomic E-state index is -0.495. The van der Waals surface area contributed by atoms with Crippen LogP contribution < -0.4 is 15.5 Å². The molecule has 1 aliphatic rings. The SMILES string of the molecule is CCOC(=O)NCCC(=O)NC1CCCN(c2ncccn2)C1. The number of nitrogens with one attached hydrogen (secondary N) is 2. The van der Waals surface area contributed by atoms with Gasteiger partial charge in [0.25, 0.3) is 0 Å². The van der Waals surface area contributed by atoms with E-state index in [2.05, 4.69) is 25.5 Å². The molecule has 23 heavy (non-hydrogen) atoms. The maximum absolute atomic E-state index is 11.9. The van der Waals surface area contributed by atoms with Crippen molar-refractivity contribution in [1.82, 2.24) is 20.6 Å². The fourth-order valence-corrected chi connectivity index (χ4v) is 2.49. The van der Waals surface area contributed by atoms with E-state index in [1.165, 1.54) is 0 Å². The molecule has 1 unspecified atom stereocenters. The Labute approximate surface area is 135 Å². The molecule has 1 aromatic rings. The van der Waals surface area contributed by atoms with E-state index in [9.17, 15) is 9.59 Å². The second kappa shape index (κ2) is 8.92. The lowest BCUT2D eigenvalue weighted by Crippen LogP contribution is -2.48. The van der Waals surface area contributed by atoms with Crippen molar-refractivity contribution in [2.24, 2.45) is 0 Å². The van der Waals surface area contributed by atoms with Crippen molar-refractivity contribution >= 4 is 17.9 Å². The molecule has 8 heteroatoms. The summed E-state index contributed by atoms with van der Waals surface area (Å²) >= 11 is 0. The number of carbonyl (C=O) groups is 2.